The molecule has 2 aromatic carbocycles. The molecule has 0 fully saturated rings. The number of nitrogens with zero attached hydrogens (tertiary/aromatic N) is 2. The molecule has 112 valence electrons. The minimum atomic E-state index is -0.899. The maximum Gasteiger partial charge on any atom is 0.314 e. The van der Waals surface area contributed by atoms with Gasteiger partial charge in [-0.3, -0.25) is 9.80 Å². The number of carboxylic acid groups (broad SMARTS) is 1. The van der Waals surface area contributed by atoms with Gasteiger partial charge in [0, 0.05) is 5.02 Å². The Morgan fingerprint density at radius 1 is 1.14 bits per heavy atom. The fourth-order valence-electron chi connectivity index (χ4n) is 2.80. The normalized spacial score (nSPS) is 20.8. The van der Waals surface area contributed by atoms with Crippen molar-refractivity contribution in [3.63, 3.8) is 0 Å². The Bertz CT molecular complexity index is 730. The van der Waals surface area contributed by atoms with Crippen molar-refractivity contribution in [3.8, 4) is 0 Å². The van der Waals surface area contributed by atoms with E-state index in [-0.39, 0.29) is 0 Å². The molecule has 0 saturated carbocycles. The van der Waals surface area contributed by atoms with Crippen LogP contribution in [0.1, 0.15) is 18.5 Å². The minimum Gasteiger partial charge on any atom is -0.481 e. The molecule has 1 aliphatic heterocycles. The lowest BCUT2D eigenvalue weighted by atomic mass is 9.90. The van der Waals surface area contributed by atoms with Gasteiger partial charge in [-0.25, -0.2) is 0 Å². The van der Waals surface area contributed by atoms with Crippen LogP contribution in [0.3, 0.4) is 0 Å². The molecule has 4 nitrogen and oxygen atoms in total. The van der Waals surface area contributed by atoms with E-state index in [4.69, 9.17) is 11.6 Å². The molecule has 0 radical (unpaired) electrons. The quantitative estimate of drug-likeness (QED) is 0.932. The zero-order chi connectivity index (χ0) is 15.7. The van der Waals surface area contributed by atoms with E-state index in [1.54, 1.807) is 18.0 Å². The summed E-state index contributed by atoms with van der Waals surface area (Å²) in [5.41, 5.74) is 2.18. The van der Waals surface area contributed by atoms with Crippen molar-refractivity contribution in [1.29, 1.82) is 0 Å². The number of aliphatic carboxylic acids is 1. The highest BCUT2D eigenvalue weighted by molar-refractivity contribution is 6.31. The minimum absolute atomic E-state index is 0.450. The molecule has 1 aliphatic rings. The van der Waals surface area contributed by atoms with Crippen LogP contribution in [0.2, 0.25) is 5.02 Å². The Kier molecular flexibility index (Phi) is 3.86. The summed E-state index contributed by atoms with van der Waals surface area (Å²) in [6, 6.07) is 16.4. The number of carboxylic acids is 1. The van der Waals surface area contributed by atoms with Crippen molar-refractivity contribution in [2.75, 3.05) is 5.01 Å². The first-order chi connectivity index (χ1) is 10.6. The van der Waals surface area contributed by atoms with Gasteiger partial charge < -0.3 is 5.11 Å². The second-order valence-corrected chi connectivity index (χ2v) is 5.61. The summed E-state index contributed by atoms with van der Waals surface area (Å²) in [5.74, 6) is -1.62. The third-order valence-electron chi connectivity index (χ3n) is 3.81. The maximum atomic E-state index is 11.7. The average molecular weight is 315 g/mol. The molecule has 1 N–H and O–H groups in total. The second kappa shape index (κ2) is 5.81. The Morgan fingerprint density at radius 3 is 2.41 bits per heavy atom. The Balaban J connectivity index is 2.13. The van der Waals surface area contributed by atoms with Gasteiger partial charge in [0.15, 0.2) is 0 Å². The van der Waals surface area contributed by atoms with E-state index in [9.17, 15) is 9.90 Å². The van der Waals surface area contributed by atoms with Crippen LogP contribution in [-0.2, 0) is 4.79 Å². The van der Waals surface area contributed by atoms with Crippen LogP contribution in [-0.4, -0.2) is 16.8 Å². The van der Waals surface area contributed by atoms with Gasteiger partial charge in [0.1, 0.15) is 5.92 Å². The van der Waals surface area contributed by atoms with Gasteiger partial charge in [-0.05, 0) is 30.7 Å². The first-order valence-corrected chi connectivity index (χ1v) is 7.34. The third kappa shape index (κ3) is 2.46. The highest BCUT2D eigenvalue weighted by atomic mass is 35.5. The summed E-state index contributed by atoms with van der Waals surface area (Å²) in [7, 11) is 0. The predicted molar refractivity (Wildman–Crippen MR) is 87.3 cm³/mol. The molecule has 22 heavy (non-hydrogen) atoms. The van der Waals surface area contributed by atoms with Crippen LogP contribution in [0.15, 0.2) is 59.7 Å². The van der Waals surface area contributed by atoms with E-state index in [0.29, 0.717) is 10.7 Å². The van der Waals surface area contributed by atoms with E-state index in [0.717, 1.165) is 11.3 Å². The molecule has 2 atom stereocenters. The summed E-state index contributed by atoms with van der Waals surface area (Å²) in [4.78, 5) is 11.7. The van der Waals surface area contributed by atoms with Crippen LogP contribution in [0.25, 0.3) is 0 Å². The van der Waals surface area contributed by atoms with Crippen molar-refractivity contribution in [2.45, 2.75) is 13.0 Å². The van der Waals surface area contributed by atoms with Crippen LogP contribution in [0, 0.1) is 5.92 Å². The van der Waals surface area contributed by atoms with E-state index >= 15 is 0 Å². The van der Waals surface area contributed by atoms with E-state index in [2.05, 4.69) is 5.10 Å². The van der Waals surface area contributed by atoms with Crippen molar-refractivity contribution >= 4 is 29.0 Å². The van der Waals surface area contributed by atoms with Crippen molar-refractivity contribution in [3.05, 3.63) is 65.2 Å². The number of hydrogen-bond donors (Lipinski definition) is 1. The molecule has 0 spiro atoms. The van der Waals surface area contributed by atoms with Crippen LogP contribution in [0.5, 0.6) is 0 Å². The zero-order valence-electron chi connectivity index (χ0n) is 12.0. The van der Waals surface area contributed by atoms with Gasteiger partial charge in [0.05, 0.1) is 17.4 Å². The number of hydrogen-bond acceptors (Lipinski definition) is 3. The average Bonchev–Trinajstić information content (AvgIpc) is 2.86. The SMILES string of the molecule is CC1=NN(c2ccccc2)C(c2ccccc2Cl)C1C(=O)O. The number of para-hydroxylation sites is 1. The lowest BCUT2D eigenvalue weighted by molar-refractivity contribution is -0.139. The molecule has 2 aromatic rings. The van der Waals surface area contributed by atoms with Gasteiger partial charge in [-0.15, -0.1) is 0 Å². The summed E-state index contributed by atoms with van der Waals surface area (Å²) in [5, 5.41) is 16.4. The highest BCUT2D eigenvalue weighted by Crippen LogP contribution is 2.41. The molecular weight excluding hydrogens is 300 g/mol. The molecule has 0 aromatic heterocycles. The Morgan fingerprint density at radius 2 is 1.77 bits per heavy atom. The first kappa shape index (κ1) is 14.6. The molecule has 0 saturated heterocycles. The molecule has 1 heterocycles. The maximum absolute atomic E-state index is 11.7. The van der Waals surface area contributed by atoms with Crippen LogP contribution >= 0.6 is 11.6 Å². The largest absolute Gasteiger partial charge is 0.481 e. The number of anilines is 1. The molecule has 0 amide bonds. The number of hydrazone groups is 1. The molecule has 0 aliphatic carbocycles. The number of carbonyl (C=O) groups is 1. The number of rotatable bonds is 3. The van der Waals surface area contributed by atoms with Gasteiger partial charge >= 0.3 is 5.97 Å². The van der Waals surface area contributed by atoms with E-state index in [1.165, 1.54) is 0 Å². The lowest BCUT2D eigenvalue weighted by Gasteiger charge is -2.27. The predicted octanol–water partition coefficient (Wildman–Crippen LogP) is 3.98. The summed E-state index contributed by atoms with van der Waals surface area (Å²) in [6.07, 6.45) is 0. The molecular formula is C17H15ClN2O2. The van der Waals surface area contributed by atoms with Gasteiger partial charge in [0.2, 0.25) is 0 Å². The van der Waals surface area contributed by atoms with Crippen molar-refractivity contribution < 1.29 is 9.90 Å². The van der Waals surface area contributed by atoms with E-state index in [1.807, 2.05) is 48.5 Å². The smallest absolute Gasteiger partial charge is 0.314 e. The van der Waals surface area contributed by atoms with Gasteiger partial charge in [-0.1, -0.05) is 48.0 Å². The third-order valence-corrected chi connectivity index (χ3v) is 4.15. The second-order valence-electron chi connectivity index (χ2n) is 5.20. The van der Waals surface area contributed by atoms with Gasteiger partial charge in [-0.2, -0.15) is 5.10 Å². The standard InChI is InChI=1S/C17H15ClN2O2/c1-11-15(17(21)22)16(13-9-5-6-10-14(13)18)20(19-11)12-7-3-2-4-8-12/h2-10,15-16H,1H3,(H,21,22). The summed E-state index contributed by atoms with van der Waals surface area (Å²) >= 11 is 6.30. The van der Waals surface area contributed by atoms with Crippen molar-refractivity contribution in [2.24, 2.45) is 11.0 Å². The molecule has 0 bridgehead atoms. The molecule has 5 heteroatoms. The van der Waals surface area contributed by atoms with Crippen LogP contribution in [0.4, 0.5) is 5.69 Å². The highest BCUT2D eigenvalue weighted by Gasteiger charge is 2.42. The fraction of sp³-hybridized carbons (Fsp3) is 0.176. The molecule has 2 unspecified atom stereocenters. The zero-order valence-corrected chi connectivity index (χ0v) is 12.7. The number of halogens is 1. The topological polar surface area (TPSA) is 52.9 Å². The van der Waals surface area contributed by atoms with E-state index < -0.39 is 17.9 Å². The van der Waals surface area contributed by atoms with Gasteiger partial charge in [0.25, 0.3) is 0 Å². The first-order valence-electron chi connectivity index (χ1n) is 6.96. The number of benzene rings is 2. The monoisotopic (exact) mass is 314 g/mol. The van der Waals surface area contributed by atoms with Crippen molar-refractivity contribution in [1.82, 2.24) is 0 Å². The summed E-state index contributed by atoms with van der Waals surface area (Å²) < 4.78 is 0. The molecule has 3 rings (SSSR count). The van der Waals surface area contributed by atoms with Crippen LogP contribution < -0.4 is 5.01 Å². The Labute approximate surface area is 133 Å². The summed E-state index contributed by atoms with van der Waals surface area (Å²) in [6.45, 7) is 1.74. The lowest BCUT2D eigenvalue weighted by Crippen LogP contribution is -2.30. The Hall–Kier alpha value is -2.33. The fourth-order valence-corrected chi connectivity index (χ4v) is 3.05.